The van der Waals surface area contributed by atoms with E-state index in [1.807, 2.05) is 6.07 Å². The van der Waals surface area contributed by atoms with Crippen molar-refractivity contribution >= 4 is 27.5 Å². The Morgan fingerprint density at radius 3 is 2.50 bits per heavy atom. The maximum Gasteiger partial charge on any atom is 0.284 e. The van der Waals surface area contributed by atoms with Crippen LogP contribution in [0.3, 0.4) is 0 Å². The highest BCUT2D eigenvalue weighted by molar-refractivity contribution is 7.99. The summed E-state index contributed by atoms with van der Waals surface area (Å²) in [6, 6.07) is 12.6. The number of nitrogens with zero attached hydrogens (tertiary/aromatic N) is 1. The molecule has 0 bridgehead atoms. The smallest absolute Gasteiger partial charge is 0.284 e. The van der Waals surface area contributed by atoms with Gasteiger partial charge in [-0.3, -0.25) is 10.1 Å². The largest absolute Gasteiger partial charge is 0.388 e. The van der Waals surface area contributed by atoms with Gasteiger partial charge in [-0.2, -0.15) is 0 Å². The van der Waals surface area contributed by atoms with Gasteiger partial charge < -0.3 is 5.11 Å². The lowest BCUT2D eigenvalue weighted by Gasteiger charge is -2.11. The Morgan fingerprint density at radius 1 is 1.25 bits per heavy atom. The molecule has 2 aromatic carbocycles. The maximum atomic E-state index is 11.8. The molecule has 2 aromatic rings. The summed E-state index contributed by atoms with van der Waals surface area (Å²) in [5.74, 6) is 0.211. The summed E-state index contributed by atoms with van der Waals surface area (Å²) >= 11 is 1.10. The molecule has 0 aliphatic carbocycles. The van der Waals surface area contributed by atoms with Crippen LogP contribution in [0.25, 0.3) is 0 Å². The first kappa shape index (κ1) is 18.4. The number of aliphatic hydroxyl groups is 1. The van der Waals surface area contributed by atoms with Crippen molar-refractivity contribution < 1.29 is 18.4 Å². The first-order valence-electron chi connectivity index (χ1n) is 6.93. The van der Waals surface area contributed by atoms with Crippen LogP contribution in [0.1, 0.15) is 11.7 Å². The summed E-state index contributed by atoms with van der Waals surface area (Å²) < 4.78 is 25.6. The van der Waals surface area contributed by atoms with E-state index in [1.54, 1.807) is 24.3 Å². The molecule has 0 radical (unpaired) electrons. The van der Waals surface area contributed by atoms with E-state index in [9.17, 15) is 23.6 Å². The van der Waals surface area contributed by atoms with E-state index in [-0.39, 0.29) is 16.3 Å². The standard InChI is InChI=1S/C15H16N2O5S2/c1-16-24(21,22)12-7-8-15(13(9-12)17(19)20)23-10-14(18)11-5-3-2-4-6-11/h2-9,14,16,18H,10H2,1H3. The van der Waals surface area contributed by atoms with E-state index in [0.717, 1.165) is 17.8 Å². The molecule has 128 valence electrons. The Morgan fingerprint density at radius 2 is 1.92 bits per heavy atom. The summed E-state index contributed by atoms with van der Waals surface area (Å²) in [6.45, 7) is 0. The van der Waals surface area contributed by atoms with Crippen molar-refractivity contribution in [2.45, 2.75) is 15.9 Å². The molecule has 0 aromatic heterocycles. The number of thioether (sulfide) groups is 1. The number of benzene rings is 2. The fourth-order valence-corrected chi connectivity index (χ4v) is 3.71. The van der Waals surface area contributed by atoms with Gasteiger partial charge in [0.1, 0.15) is 0 Å². The number of rotatable bonds is 7. The van der Waals surface area contributed by atoms with Gasteiger partial charge in [0.15, 0.2) is 0 Å². The Hall–Kier alpha value is -1.94. The zero-order chi connectivity index (χ0) is 17.7. The van der Waals surface area contributed by atoms with Crippen LogP contribution in [-0.4, -0.2) is 31.2 Å². The molecule has 0 amide bonds. The summed E-state index contributed by atoms with van der Waals surface area (Å²) in [7, 11) is -2.52. The monoisotopic (exact) mass is 368 g/mol. The van der Waals surface area contributed by atoms with Gasteiger partial charge in [0.05, 0.1) is 20.8 Å². The molecular formula is C15H16N2O5S2. The molecule has 2 rings (SSSR count). The molecule has 1 atom stereocenters. The van der Waals surface area contributed by atoms with Crippen LogP contribution >= 0.6 is 11.8 Å². The van der Waals surface area contributed by atoms with Crippen LogP contribution < -0.4 is 4.72 Å². The lowest BCUT2D eigenvalue weighted by atomic mass is 10.1. The molecule has 0 aliphatic rings. The SMILES string of the molecule is CNS(=O)(=O)c1ccc(SCC(O)c2ccccc2)c([N+](=O)[O-])c1. The fourth-order valence-electron chi connectivity index (χ4n) is 1.99. The van der Waals surface area contributed by atoms with Crippen LogP contribution in [0, 0.1) is 10.1 Å². The zero-order valence-electron chi connectivity index (χ0n) is 12.7. The van der Waals surface area contributed by atoms with Crippen molar-refractivity contribution in [1.82, 2.24) is 4.72 Å². The van der Waals surface area contributed by atoms with Gasteiger partial charge in [-0.05, 0) is 24.7 Å². The minimum Gasteiger partial charge on any atom is -0.388 e. The molecule has 9 heteroatoms. The number of nitrogens with one attached hydrogen (secondary N) is 1. The highest BCUT2D eigenvalue weighted by Gasteiger charge is 2.21. The number of hydrogen-bond acceptors (Lipinski definition) is 6. The molecule has 2 N–H and O–H groups in total. The van der Waals surface area contributed by atoms with Crippen LogP contribution in [0.4, 0.5) is 5.69 Å². The Balaban J connectivity index is 2.23. The van der Waals surface area contributed by atoms with E-state index in [1.165, 1.54) is 19.2 Å². The molecule has 0 heterocycles. The first-order valence-corrected chi connectivity index (χ1v) is 9.40. The van der Waals surface area contributed by atoms with E-state index in [4.69, 9.17) is 0 Å². The molecule has 0 spiro atoms. The summed E-state index contributed by atoms with van der Waals surface area (Å²) in [4.78, 5) is 10.7. The molecule has 0 saturated heterocycles. The Labute approximate surface area is 143 Å². The molecule has 0 aliphatic heterocycles. The van der Waals surface area contributed by atoms with Crippen molar-refractivity contribution in [3.05, 3.63) is 64.2 Å². The topological polar surface area (TPSA) is 110 Å². The third kappa shape index (κ3) is 4.32. The van der Waals surface area contributed by atoms with Crippen molar-refractivity contribution in [3.8, 4) is 0 Å². The van der Waals surface area contributed by atoms with Crippen molar-refractivity contribution in [2.75, 3.05) is 12.8 Å². The lowest BCUT2D eigenvalue weighted by Crippen LogP contribution is -2.18. The number of nitro benzene ring substituents is 1. The van der Waals surface area contributed by atoms with Gasteiger partial charge in [-0.15, -0.1) is 11.8 Å². The predicted octanol–water partition coefficient (Wildman–Crippen LogP) is 2.33. The maximum absolute atomic E-state index is 11.8. The second-order valence-electron chi connectivity index (χ2n) is 4.83. The summed E-state index contributed by atoms with van der Waals surface area (Å²) in [5, 5.41) is 21.4. The third-order valence-corrected chi connectivity index (χ3v) is 5.84. The molecule has 0 saturated carbocycles. The van der Waals surface area contributed by atoms with E-state index in [2.05, 4.69) is 4.72 Å². The number of sulfonamides is 1. The second kappa shape index (κ2) is 7.75. The van der Waals surface area contributed by atoms with Gasteiger partial charge in [-0.1, -0.05) is 30.3 Å². The average molecular weight is 368 g/mol. The average Bonchev–Trinajstić information content (AvgIpc) is 2.60. The van der Waals surface area contributed by atoms with Gasteiger partial charge in [-0.25, -0.2) is 13.1 Å². The van der Waals surface area contributed by atoms with E-state index < -0.39 is 21.1 Å². The van der Waals surface area contributed by atoms with Crippen LogP contribution in [0.5, 0.6) is 0 Å². The Bertz CT molecular complexity index is 825. The van der Waals surface area contributed by atoms with Gasteiger partial charge in [0.25, 0.3) is 5.69 Å². The summed E-state index contributed by atoms with van der Waals surface area (Å²) in [6.07, 6.45) is -0.781. The highest BCUT2D eigenvalue weighted by Crippen LogP contribution is 2.33. The summed E-state index contributed by atoms with van der Waals surface area (Å²) in [5.41, 5.74) is 0.402. The second-order valence-corrected chi connectivity index (χ2v) is 7.78. The van der Waals surface area contributed by atoms with Crippen LogP contribution in [0.15, 0.2) is 58.3 Å². The van der Waals surface area contributed by atoms with E-state index >= 15 is 0 Å². The molecular weight excluding hydrogens is 352 g/mol. The van der Waals surface area contributed by atoms with Crippen LogP contribution in [-0.2, 0) is 10.0 Å². The normalized spacial score (nSPS) is 12.8. The number of nitro groups is 1. The minimum absolute atomic E-state index is 0.176. The highest BCUT2D eigenvalue weighted by atomic mass is 32.2. The molecule has 1 unspecified atom stereocenters. The zero-order valence-corrected chi connectivity index (χ0v) is 14.4. The molecule has 7 nitrogen and oxygen atoms in total. The predicted molar refractivity (Wildman–Crippen MR) is 91.5 cm³/mol. The fraction of sp³-hybridized carbons (Fsp3) is 0.200. The van der Waals surface area contributed by atoms with Crippen molar-refractivity contribution in [1.29, 1.82) is 0 Å². The minimum atomic E-state index is -3.76. The van der Waals surface area contributed by atoms with Crippen molar-refractivity contribution in [3.63, 3.8) is 0 Å². The number of aliphatic hydroxyl groups excluding tert-OH is 1. The molecule has 0 fully saturated rings. The first-order chi connectivity index (χ1) is 11.3. The third-order valence-electron chi connectivity index (χ3n) is 3.29. The number of hydrogen-bond donors (Lipinski definition) is 2. The molecule has 24 heavy (non-hydrogen) atoms. The van der Waals surface area contributed by atoms with E-state index in [0.29, 0.717) is 10.5 Å². The van der Waals surface area contributed by atoms with Gasteiger partial charge in [0.2, 0.25) is 10.0 Å². The lowest BCUT2D eigenvalue weighted by molar-refractivity contribution is -0.388. The van der Waals surface area contributed by atoms with Gasteiger partial charge in [0, 0.05) is 11.8 Å². The van der Waals surface area contributed by atoms with Gasteiger partial charge >= 0.3 is 0 Å². The Kier molecular flexibility index (Phi) is 5.94. The van der Waals surface area contributed by atoms with Crippen LogP contribution in [0.2, 0.25) is 0 Å². The quantitative estimate of drug-likeness (QED) is 0.441. The van der Waals surface area contributed by atoms with Crippen molar-refractivity contribution in [2.24, 2.45) is 0 Å².